The van der Waals surface area contributed by atoms with Gasteiger partial charge in [-0.25, -0.2) is 0 Å². The highest BCUT2D eigenvalue weighted by atomic mass is 16.8. The van der Waals surface area contributed by atoms with E-state index in [0.717, 1.165) is 38.5 Å². The van der Waals surface area contributed by atoms with E-state index in [2.05, 4.69) is 54.5 Å². The van der Waals surface area contributed by atoms with Crippen molar-refractivity contribution in [2.75, 3.05) is 13.2 Å². The first kappa shape index (κ1) is 43.8. The van der Waals surface area contributed by atoms with Crippen molar-refractivity contribution in [3.63, 3.8) is 0 Å². The van der Waals surface area contributed by atoms with Crippen LogP contribution < -0.4 is 0 Å². The molecule has 0 amide bonds. The maximum atomic E-state index is 12.2. The molecule has 2 aliphatic heterocycles. The van der Waals surface area contributed by atoms with Crippen LogP contribution in [0.1, 0.15) is 113 Å². The Balaban J connectivity index is 1.23. The minimum Gasteiger partial charge on any atom is -0.394 e. The van der Waals surface area contributed by atoms with Gasteiger partial charge in [-0.15, -0.1) is 0 Å². The van der Waals surface area contributed by atoms with Crippen LogP contribution in [0.5, 0.6) is 0 Å². The van der Waals surface area contributed by atoms with E-state index in [1.54, 1.807) is 0 Å². The maximum absolute atomic E-state index is 12.2. The molecule has 0 spiro atoms. The zero-order chi connectivity index (χ0) is 40.6. The van der Waals surface area contributed by atoms with Crippen LogP contribution in [0.2, 0.25) is 0 Å². The second kappa shape index (κ2) is 15.7. The molecule has 4 saturated carbocycles. The third-order valence-electron chi connectivity index (χ3n) is 16.6. The van der Waals surface area contributed by atoms with Gasteiger partial charge in [-0.2, -0.15) is 0 Å². The number of hydrogen-bond donors (Lipinski definition) is 9. The molecule has 0 bridgehead atoms. The Morgan fingerprint density at radius 3 is 1.95 bits per heavy atom. The van der Waals surface area contributed by atoms with E-state index in [-0.39, 0.29) is 39.9 Å². The van der Waals surface area contributed by atoms with Crippen molar-refractivity contribution in [2.24, 2.45) is 45.3 Å². The van der Waals surface area contributed by atoms with Crippen molar-refractivity contribution in [1.82, 2.24) is 0 Å². The zero-order valence-electron chi connectivity index (χ0n) is 34.3. The van der Waals surface area contributed by atoms with Crippen LogP contribution in [0.25, 0.3) is 0 Å². The summed E-state index contributed by atoms with van der Waals surface area (Å²) in [5.41, 5.74) is -0.405. The first-order valence-electron chi connectivity index (χ1n) is 20.9. The molecule has 0 aromatic rings. The summed E-state index contributed by atoms with van der Waals surface area (Å²) in [6, 6.07) is 0. The van der Waals surface area contributed by atoms with E-state index in [1.807, 2.05) is 6.92 Å². The normalized spacial score (nSPS) is 52.0. The zero-order valence-corrected chi connectivity index (χ0v) is 34.3. The van der Waals surface area contributed by atoms with Gasteiger partial charge >= 0.3 is 0 Å². The number of aliphatic hydroxyl groups is 9. The van der Waals surface area contributed by atoms with Crippen molar-refractivity contribution in [3.8, 4) is 0 Å². The van der Waals surface area contributed by atoms with E-state index < -0.39 is 97.8 Å². The smallest absolute Gasteiger partial charge is 0.187 e. The van der Waals surface area contributed by atoms with Gasteiger partial charge in [0.05, 0.1) is 31.0 Å². The minimum absolute atomic E-state index is 0.00798. The average Bonchev–Trinajstić information content (AvgIpc) is 3.50. The number of allylic oxidation sites excluding steroid dienone is 2. The molecule has 2 saturated heterocycles. The van der Waals surface area contributed by atoms with Crippen molar-refractivity contribution < 1.29 is 64.9 Å². The number of hydrogen-bond acceptors (Lipinski definition) is 13. The molecule has 6 rings (SSSR count). The summed E-state index contributed by atoms with van der Waals surface area (Å²) in [6.07, 6.45) is -6.48. The molecule has 55 heavy (non-hydrogen) atoms. The molecule has 20 atom stereocenters. The average molecular weight is 785 g/mol. The first-order chi connectivity index (χ1) is 25.6. The van der Waals surface area contributed by atoms with Crippen LogP contribution in [0.4, 0.5) is 0 Å². The third kappa shape index (κ3) is 7.20. The molecule has 0 aromatic heterocycles. The number of rotatable bonds is 10. The molecule has 318 valence electrons. The molecule has 6 aliphatic rings. The monoisotopic (exact) mass is 784 g/mol. The predicted octanol–water partition coefficient (Wildman–Crippen LogP) is 2.15. The van der Waals surface area contributed by atoms with Crippen molar-refractivity contribution >= 4 is 0 Å². The summed E-state index contributed by atoms with van der Waals surface area (Å²) in [4.78, 5) is 0. The van der Waals surface area contributed by atoms with E-state index in [0.29, 0.717) is 19.3 Å². The van der Waals surface area contributed by atoms with Gasteiger partial charge in [0.2, 0.25) is 0 Å². The van der Waals surface area contributed by atoms with Crippen LogP contribution in [0.3, 0.4) is 0 Å². The van der Waals surface area contributed by atoms with Gasteiger partial charge in [0.1, 0.15) is 48.8 Å². The number of aliphatic hydroxyl groups excluding tert-OH is 8. The fourth-order valence-corrected chi connectivity index (χ4v) is 13.3. The Labute approximate surface area is 327 Å². The maximum Gasteiger partial charge on any atom is 0.187 e. The van der Waals surface area contributed by atoms with Crippen LogP contribution in [0, 0.1) is 45.3 Å². The lowest BCUT2D eigenvalue weighted by atomic mass is 9.35. The summed E-state index contributed by atoms with van der Waals surface area (Å²) in [5.74, 6) is 0.445. The quantitative estimate of drug-likeness (QED) is 0.115. The molecule has 4 aliphatic carbocycles. The lowest BCUT2D eigenvalue weighted by Crippen LogP contribution is -2.68. The highest BCUT2D eigenvalue weighted by molar-refractivity contribution is 5.20. The van der Waals surface area contributed by atoms with Crippen LogP contribution in [0.15, 0.2) is 11.6 Å². The fraction of sp³-hybridized carbons (Fsp3) is 0.952. The van der Waals surface area contributed by atoms with Gasteiger partial charge in [0.25, 0.3) is 0 Å². The summed E-state index contributed by atoms with van der Waals surface area (Å²) in [6.45, 7) is 16.5. The summed E-state index contributed by atoms with van der Waals surface area (Å²) in [5, 5.41) is 97.4. The Hall–Kier alpha value is -0.780. The summed E-state index contributed by atoms with van der Waals surface area (Å²) >= 11 is 0. The lowest BCUT2D eigenvalue weighted by Gasteiger charge is -2.70. The fourth-order valence-electron chi connectivity index (χ4n) is 13.3. The summed E-state index contributed by atoms with van der Waals surface area (Å²) in [7, 11) is 0. The molecule has 13 nitrogen and oxygen atoms in total. The minimum atomic E-state index is -1.75. The molecule has 2 heterocycles. The first-order valence-corrected chi connectivity index (χ1v) is 20.9. The standard InChI is InChI=1S/C42H72O13/c1-21(2)10-9-14-42(8,51)22-11-16-41(7)29(22)23(45)18-27-39(5)15-13-28(38(3,4)26(39)12-17-40(27,41)6)54-37-35(33(49)31(47)25(20-44)53-37)55-36-34(50)32(48)30(46)24(19-43)52-36/h10,22-37,43-51H,9,11-20H2,1-8H3/t22-,23+,24+,25+,26-,27+,28-,29?,30+,31+,32-,33-,34+,35+,36-,37-,39-,40+,41+,42+/m0/s1. The van der Waals surface area contributed by atoms with E-state index in [1.165, 1.54) is 5.57 Å². The van der Waals surface area contributed by atoms with E-state index in [9.17, 15) is 46.0 Å². The number of ether oxygens (including phenoxy) is 4. The lowest BCUT2D eigenvalue weighted by molar-refractivity contribution is -0.378. The van der Waals surface area contributed by atoms with Gasteiger partial charge in [-0.05, 0) is 124 Å². The molecular weight excluding hydrogens is 712 g/mol. The molecule has 9 N–H and O–H groups in total. The van der Waals surface area contributed by atoms with E-state index in [4.69, 9.17) is 18.9 Å². The molecule has 0 radical (unpaired) electrons. The van der Waals surface area contributed by atoms with Crippen LogP contribution in [-0.2, 0) is 18.9 Å². The second-order valence-corrected chi connectivity index (χ2v) is 20.1. The second-order valence-electron chi connectivity index (χ2n) is 20.1. The van der Waals surface area contributed by atoms with Crippen molar-refractivity contribution in [2.45, 2.75) is 192 Å². The third-order valence-corrected chi connectivity index (χ3v) is 16.6. The Kier molecular flexibility index (Phi) is 12.5. The molecule has 0 aromatic carbocycles. The van der Waals surface area contributed by atoms with Gasteiger partial charge < -0.3 is 64.9 Å². The van der Waals surface area contributed by atoms with Gasteiger partial charge in [0, 0.05) is 0 Å². The van der Waals surface area contributed by atoms with Crippen molar-refractivity contribution in [3.05, 3.63) is 11.6 Å². The Morgan fingerprint density at radius 2 is 1.33 bits per heavy atom. The topological polar surface area (TPSA) is 219 Å². The summed E-state index contributed by atoms with van der Waals surface area (Å²) < 4.78 is 24.4. The highest BCUT2D eigenvalue weighted by Crippen LogP contribution is 2.76. The molecular formula is C42H72O13. The predicted molar refractivity (Wildman–Crippen MR) is 201 cm³/mol. The van der Waals surface area contributed by atoms with Crippen LogP contribution >= 0.6 is 0 Å². The number of fused-ring (bicyclic) bond motifs is 5. The Bertz CT molecular complexity index is 1370. The van der Waals surface area contributed by atoms with Crippen molar-refractivity contribution in [1.29, 1.82) is 0 Å². The van der Waals surface area contributed by atoms with Crippen LogP contribution in [-0.4, -0.2) is 138 Å². The molecule has 13 heteroatoms. The SMILES string of the molecule is CC(C)=CCC[C@@](C)(O)[C@H]1CC[C@]2(C)C1[C@H](O)C[C@@H]1[C@@]3(C)CC[C@H](O[C@@H]4O[C@H](CO)[C@@H](O)[C@H](O)[C@H]4O[C@@H]4O[C@H](CO)[C@@H](O)[C@H](O)[C@H]4O)C(C)(C)[C@@H]3CC[C@]12C. The molecule has 6 fully saturated rings. The van der Waals surface area contributed by atoms with Gasteiger partial charge in [-0.1, -0.05) is 46.3 Å². The van der Waals surface area contributed by atoms with Gasteiger partial charge in [0.15, 0.2) is 12.6 Å². The Morgan fingerprint density at radius 1 is 0.727 bits per heavy atom. The highest BCUT2D eigenvalue weighted by Gasteiger charge is 2.71. The molecule has 1 unspecified atom stereocenters. The van der Waals surface area contributed by atoms with E-state index >= 15 is 0 Å². The largest absolute Gasteiger partial charge is 0.394 e. The van der Waals surface area contributed by atoms with Gasteiger partial charge in [-0.3, -0.25) is 0 Å².